The molecule has 1 aromatic rings. The van der Waals surface area contributed by atoms with E-state index in [1.54, 1.807) is 0 Å². The number of hydrogen-bond donors (Lipinski definition) is 1. The lowest BCUT2D eigenvalue weighted by Gasteiger charge is -2.27. The SMILES string of the molecule is CCCNCCc1ccccc1CN1CCOCC1. The molecule has 1 aliphatic heterocycles. The number of benzene rings is 1. The lowest BCUT2D eigenvalue weighted by atomic mass is 10.0. The molecule has 1 N–H and O–H groups in total. The Morgan fingerprint density at radius 2 is 1.84 bits per heavy atom. The van der Waals surface area contributed by atoms with Crippen LogP contribution in [0.5, 0.6) is 0 Å². The van der Waals surface area contributed by atoms with Crippen LogP contribution in [0.25, 0.3) is 0 Å². The molecule has 0 amide bonds. The molecule has 1 fully saturated rings. The van der Waals surface area contributed by atoms with Crippen LogP contribution in [0, 0.1) is 0 Å². The van der Waals surface area contributed by atoms with Crippen LogP contribution in [0.1, 0.15) is 24.5 Å². The van der Waals surface area contributed by atoms with Gasteiger partial charge in [0.1, 0.15) is 0 Å². The van der Waals surface area contributed by atoms with Crippen molar-refractivity contribution in [1.82, 2.24) is 10.2 Å². The molecule has 1 heterocycles. The Morgan fingerprint density at radius 1 is 1.11 bits per heavy atom. The van der Waals surface area contributed by atoms with Gasteiger partial charge >= 0.3 is 0 Å². The first-order valence-corrected chi connectivity index (χ1v) is 7.47. The van der Waals surface area contributed by atoms with E-state index in [-0.39, 0.29) is 0 Å². The van der Waals surface area contributed by atoms with Gasteiger partial charge in [-0.15, -0.1) is 0 Å². The van der Waals surface area contributed by atoms with Gasteiger partial charge < -0.3 is 10.1 Å². The number of hydrogen-bond acceptors (Lipinski definition) is 3. The number of nitrogens with zero attached hydrogens (tertiary/aromatic N) is 1. The lowest BCUT2D eigenvalue weighted by Crippen LogP contribution is -2.36. The molecule has 0 unspecified atom stereocenters. The van der Waals surface area contributed by atoms with Crippen LogP contribution in [-0.4, -0.2) is 44.3 Å². The van der Waals surface area contributed by atoms with Crippen molar-refractivity contribution >= 4 is 0 Å². The van der Waals surface area contributed by atoms with Gasteiger partial charge in [0, 0.05) is 19.6 Å². The molecule has 0 spiro atoms. The monoisotopic (exact) mass is 262 g/mol. The lowest BCUT2D eigenvalue weighted by molar-refractivity contribution is 0.0341. The van der Waals surface area contributed by atoms with E-state index in [0.29, 0.717) is 0 Å². The zero-order valence-corrected chi connectivity index (χ0v) is 12.0. The van der Waals surface area contributed by atoms with Crippen molar-refractivity contribution in [2.75, 3.05) is 39.4 Å². The molecule has 1 saturated heterocycles. The zero-order chi connectivity index (χ0) is 13.3. The molecule has 0 radical (unpaired) electrons. The first kappa shape index (κ1) is 14.5. The molecule has 1 aromatic carbocycles. The second kappa shape index (κ2) is 8.31. The van der Waals surface area contributed by atoms with Gasteiger partial charge in [0.15, 0.2) is 0 Å². The molecule has 0 aliphatic carbocycles. The maximum atomic E-state index is 5.41. The Morgan fingerprint density at radius 3 is 2.58 bits per heavy atom. The topological polar surface area (TPSA) is 24.5 Å². The molecule has 0 aromatic heterocycles. The van der Waals surface area contributed by atoms with Crippen molar-refractivity contribution in [2.45, 2.75) is 26.3 Å². The minimum absolute atomic E-state index is 0.875. The number of ether oxygens (including phenoxy) is 1. The van der Waals surface area contributed by atoms with Crippen LogP contribution in [-0.2, 0) is 17.7 Å². The normalized spacial score (nSPS) is 16.7. The summed E-state index contributed by atoms with van der Waals surface area (Å²) >= 11 is 0. The van der Waals surface area contributed by atoms with Crippen LogP contribution in [0.3, 0.4) is 0 Å². The van der Waals surface area contributed by atoms with Gasteiger partial charge in [-0.3, -0.25) is 4.90 Å². The standard InChI is InChI=1S/C16H26N2O/c1-2-8-17-9-7-15-5-3-4-6-16(15)14-18-10-12-19-13-11-18/h3-6,17H,2,7-14H2,1H3. The minimum atomic E-state index is 0.875. The van der Waals surface area contributed by atoms with Gasteiger partial charge in [-0.05, 0) is 37.1 Å². The molecule has 106 valence electrons. The van der Waals surface area contributed by atoms with Crippen molar-refractivity contribution < 1.29 is 4.74 Å². The Kier molecular flexibility index (Phi) is 6.34. The Hall–Kier alpha value is -0.900. The molecule has 2 rings (SSSR count). The molecular weight excluding hydrogens is 236 g/mol. The van der Waals surface area contributed by atoms with Crippen LogP contribution in [0.15, 0.2) is 24.3 Å². The van der Waals surface area contributed by atoms with Crippen LogP contribution < -0.4 is 5.32 Å². The van der Waals surface area contributed by atoms with Crippen molar-refractivity contribution in [3.63, 3.8) is 0 Å². The van der Waals surface area contributed by atoms with E-state index in [4.69, 9.17) is 4.74 Å². The van der Waals surface area contributed by atoms with Crippen LogP contribution in [0.4, 0.5) is 0 Å². The van der Waals surface area contributed by atoms with E-state index in [2.05, 4.69) is 41.4 Å². The van der Waals surface area contributed by atoms with E-state index in [1.807, 2.05) is 0 Å². The number of morpholine rings is 1. The highest BCUT2D eigenvalue weighted by Gasteiger charge is 2.12. The van der Waals surface area contributed by atoms with Gasteiger partial charge in [-0.1, -0.05) is 31.2 Å². The second-order valence-corrected chi connectivity index (χ2v) is 5.16. The highest BCUT2D eigenvalue weighted by Crippen LogP contribution is 2.13. The summed E-state index contributed by atoms with van der Waals surface area (Å²) in [6.07, 6.45) is 2.33. The van der Waals surface area contributed by atoms with Gasteiger partial charge in [0.2, 0.25) is 0 Å². The molecule has 0 bridgehead atoms. The van der Waals surface area contributed by atoms with Gasteiger partial charge in [-0.25, -0.2) is 0 Å². The van der Waals surface area contributed by atoms with E-state index in [1.165, 1.54) is 17.5 Å². The molecule has 0 saturated carbocycles. The first-order chi connectivity index (χ1) is 9.40. The summed E-state index contributed by atoms with van der Waals surface area (Å²) in [6.45, 7) is 9.33. The average molecular weight is 262 g/mol. The van der Waals surface area contributed by atoms with Crippen LogP contribution >= 0.6 is 0 Å². The van der Waals surface area contributed by atoms with Gasteiger partial charge in [0.05, 0.1) is 13.2 Å². The molecule has 3 heteroatoms. The summed E-state index contributed by atoms with van der Waals surface area (Å²) in [5, 5.41) is 3.48. The smallest absolute Gasteiger partial charge is 0.0594 e. The molecule has 1 aliphatic rings. The highest BCUT2D eigenvalue weighted by molar-refractivity contribution is 5.27. The fourth-order valence-corrected chi connectivity index (χ4v) is 2.48. The third-order valence-corrected chi connectivity index (χ3v) is 3.61. The van der Waals surface area contributed by atoms with E-state index >= 15 is 0 Å². The Balaban J connectivity index is 1.87. The second-order valence-electron chi connectivity index (χ2n) is 5.16. The average Bonchev–Trinajstić information content (AvgIpc) is 2.46. The van der Waals surface area contributed by atoms with Crippen molar-refractivity contribution in [3.8, 4) is 0 Å². The summed E-state index contributed by atoms with van der Waals surface area (Å²) < 4.78 is 5.41. The minimum Gasteiger partial charge on any atom is -0.379 e. The van der Waals surface area contributed by atoms with Gasteiger partial charge in [0.25, 0.3) is 0 Å². The van der Waals surface area contributed by atoms with Gasteiger partial charge in [-0.2, -0.15) is 0 Å². The summed E-state index contributed by atoms with van der Waals surface area (Å²) in [6, 6.07) is 8.84. The number of nitrogens with one attached hydrogen (secondary N) is 1. The van der Waals surface area contributed by atoms with Crippen LogP contribution in [0.2, 0.25) is 0 Å². The number of rotatable bonds is 7. The predicted molar refractivity (Wildman–Crippen MR) is 79.4 cm³/mol. The molecular formula is C16H26N2O. The summed E-state index contributed by atoms with van der Waals surface area (Å²) in [5.74, 6) is 0. The summed E-state index contributed by atoms with van der Waals surface area (Å²) in [4.78, 5) is 2.49. The fraction of sp³-hybridized carbons (Fsp3) is 0.625. The highest BCUT2D eigenvalue weighted by atomic mass is 16.5. The maximum Gasteiger partial charge on any atom is 0.0594 e. The Bertz CT molecular complexity index is 362. The van der Waals surface area contributed by atoms with Crippen molar-refractivity contribution in [1.29, 1.82) is 0 Å². The quantitative estimate of drug-likeness (QED) is 0.761. The van der Waals surface area contributed by atoms with E-state index in [9.17, 15) is 0 Å². The van der Waals surface area contributed by atoms with E-state index < -0.39 is 0 Å². The summed E-state index contributed by atoms with van der Waals surface area (Å²) in [7, 11) is 0. The fourth-order valence-electron chi connectivity index (χ4n) is 2.48. The van der Waals surface area contributed by atoms with Crippen molar-refractivity contribution in [2.24, 2.45) is 0 Å². The zero-order valence-electron chi connectivity index (χ0n) is 12.0. The predicted octanol–water partition coefficient (Wildman–Crippen LogP) is 2.06. The first-order valence-electron chi connectivity index (χ1n) is 7.47. The third kappa shape index (κ3) is 4.94. The Labute approximate surface area is 116 Å². The third-order valence-electron chi connectivity index (χ3n) is 3.61. The summed E-state index contributed by atoms with van der Waals surface area (Å²) in [5.41, 5.74) is 2.96. The van der Waals surface area contributed by atoms with Crippen molar-refractivity contribution in [3.05, 3.63) is 35.4 Å². The molecule has 3 nitrogen and oxygen atoms in total. The molecule has 19 heavy (non-hydrogen) atoms. The van der Waals surface area contributed by atoms with E-state index in [0.717, 1.165) is 52.4 Å². The molecule has 0 atom stereocenters. The maximum absolute atomic E-state index is 5.41. The largest absolute Gasteiger partial charge is 0.379 e.